The van der Waals surface area contributed by atoms with Crippen molar-refractivity contribution in [2.24, 2.45) is 5.92 Å². The molecule has 0 aromatic heterocycles. The number of nitrogens with zero attached hydrogens (tertiary/aromatic N) is 1. The van der Waals surface area contributed by atoms with Gasteiger partial charge in [0.1, 0.15) is 5.75 Å². The summed E-state index contributed by atoms with van der Waals surface area (Å²) in [6, 6.07) is 7.90. The predicted octanol–water partition coefficient (Wildman–Crippen LogP) is 2.13. The van der Waals surface area contributed by atoms with Crippen molar-refractivity contribution in [3.8, 4) is 11.8 Å². The first-order valence-corrected chi connectivity index (χ1v) is 7.26. The number of carbonyl (C=O) groups excluding carboxylic acids is 1. The molecule has 0 heterocycles. The van der Waals surface area contributed by atoms with Crippen molar-refractivity contribution in [2.75, 3.05) is 7.11 Å². The number of benzene rings is 1. The van der Waals surface area contributed by atoms with Gasteiger partial charge in [-0.2, -0.15) is 5.26 Å². The van der Waals surface area contributed by atoms with E-state index in [9.17, 15) is 15.2 Å². The van der Waals surface area contributed by atoms with E-state index in [2.05, 4.69) is 6.07 Å². The molecule has 2 aliphatic rings. The monoisotopic (exact) mass is 285 g/mol. The van der Waals surface area contributed by atoms with E-state index in [1.165, 1.54) is 0 Å². The highest BCUT2D eigenvalue weighted by molar-refractivity contribution is 5.96. The van der Waals surface area contributed by atoms with Crippen LogP contribution in [0.15, 0.2) is 18.2 Å². The summed E-state index contributed by atoms with van der Waals surface area (Å²) in [4.78, 5) is 12.9. The fraction of sp³-hybridized carbons (Fsp3) is 0.529. The Balaban J connectivity index is 2.21. The van der Waals surface area contributed by atoms with Crippen LogP contribution >= 0.6 is 0 Å². The second kappa shape index (κ2) is 4.57. The second-order valence-corrected chi connectivity index (χ2v) is 6.42. The topological polar surface area (TPSA) is 70.3 Å². The third-order valence-corrected chi connectivity index (χ3v) is 5.23. The molecule has 0 saturated heterocycles. The van der Waals surface area contributed by atoms with E-state index in [1.54, 1.807) is 14.0 Å². The maximum Gasteiger partial charge on any atom is 0.150 e. The number of Topliss-reactive ketones (excluding diaryl/α,β-unsaturated/α-hetero) is 1. The fourth-order valence-electron chi connectivity index (χ4n) is 3.89. The van der Waals surface area contributed by atoms with Crippen LogP contribution in [-0.2, 0) is 16.6 Å². The predicted molar refractivity (Wildman–Crippen MR) is 77.0 cm³/mol. The normalized spacial score (nSPS) is 34.0. The standard InChI is InChI=1S/C17H19NO3/c1-16(20)5-6-17(7-8-18)13-10-12(21-2)4-3-11(13)9-14(16)15(17)19/h3-4,10,14,20H,5-7,9H2,1-2H3. The first-order valence-electron chi connectivity index (χ1n) is 7.26. The van der Waals surface area contributed by atoms with Gasteiger partial charge in [-0.1, -0.05) is 6.07 Å². The zero-order chi connectivity index (χ0) is 15.3. The van der Waals surface area contributed by atoms with Crippen molar-refractivity contribution < 1.29 is 14.6 Å². The molecule has 21 heavy (non-hydrogen) atoms. The molecule has 1 N–H and O–H groups in total. The van der Waals surface area contributed by atoms with E-state index in [4.69, 9.17) is 4.74 Å². The van der Waals surface area contributed by atoms with Gasteiger partial charge < -0.3 is 9.84 Å². The van der Waals surface area contributed by atoms with Crippen molar-refractivity contribution >= 4 is 5.78 Å². The number of ether oxygens (including phenoxy) is 1. The Bertz CT molecular complexity index is 644. The van der Waals surface area contributed by atoms with Crippen molar-refractivity contribution in [1.82, 2.24) is 0 Å². The lowest BCUT2D eigenvalue weighted by atomic mass is 9.53. The van der Waals surface area contributed by atoms with Gasteiger partial charge in [0.2, 0.25) is 0 Å². The molecule has 1 saturated carbocycles. The number of ketones is 1. The molecule has 0 amide bonds. The largest absolute Gasteiger partial charge is 0.497 e. The average molecular weight is 285 g/mol. The van der Waals surface area contributed by atoms with Gasteiger partial charge >= 0.3 is 0 Å². The molecular weight excluding hydrogens is 266 g/mol. The third-order valence-electron chi connectivity index (χ3n) is 5.23. The Hall–Kier alpha value is -1.86. The molecule has 0 radical (unpaired) electrons. The van der Waals surface area contributed by atoms with Crippen molar-refractivity contribution in [3.05, 3.63) is 29.3 Å². The molecule has 2 aliphatic carbocycles. The summed E-state index contributed by atoms with van der Waals surface area (Å²) in [6.07, 6.45) is 1.77. The minimum Gasteiger partial charge on any atom is -0.497 e. The number of hydrogen-bond acceptors (Lipinski definition) is 4. The first-order chi connectivity index (χ1) is 9.94. The Morgan fingerprint density at radius 3 is 2.90 bits per heavy atom. The highest BCUT2D eigenvalue weighted by atomic mass is 16.5. The summed E-state index contributed by atoms with van der Waals surface area (Å²) in [5.74, 6) is 0.302. The van der Waals surface area contributed by atoms with E-state index in [0.717, 1.165) is 11.1 Å². The minimum atomic E-state index is -0.979. The van der Waals surface area contributed by atoms with Crippen LogP contribution in [0.5, 0.6) is 5.75 Å². The van der Waals surface area contributed by atoms with E-state index >= 15 is 0 Å². The van der Waals surface area contributed by atoms with Gasteiger partial charge in [-0.25, -0.2) is 0 Å². The van der Waals surface area contributed by atoms with Crippen LogP contribution in [0, 0.1) is 17.2 Å². The van der Waals surface area contributed by atoms with Crippen LogP contribution in [0.3, 0.4) is 0 Å². The van der Waals surface area contributed by atoms with E-state index in [-0.39, 0.29) is 12.2 Å². The Morgan fingerprint density at radius 2 is 2.24 bits per heavy atom. The van der Waals surface area contributed by atoms with E-state index < -0.39 is 16.9 Å². The molecule has 4 heteroatoms. The second-order valence-electron chi connectivity index (χ2n) is 6.42. The molecule has 3 rings (SSSR count). The van der Waals surface area contributed by atoms with Crippen molar-refractivity contribution in [2.45, 2.75) is 43.6 Å². The number of carbonyl (C=O) groups is 1. The number of methoxy groups -OCH3 is 1. The molecule has 3 unspecified atom stereocenters. The molecule has 4 nitrogen and oxygen atoms in total. The van der Waals surface area contributed by atoms with Crippen LogP contribution < -0.4 is 4.74 Å². The van der Waals surface area contributed by atoms with Crippen molar-refractivity contribution in [3.63, 3.8) is 0 Å². The smallest absolute Gasteiger partial charge is 0.150 e. The SMILES string of the molecule is COc1ccc2c(c1)C1(CC#N)CCC(C)(O)C(C2)C1=O. The van der Waals surface area contributed by atoms with E-state index in [1.807, 2.05) is 18.2 Å². The van der Waals surface area contributed by atoms with Crippen LogP contribution in [0.1, 0.15) is 37.3 Å². The van der Waals surface area contributed by atoms with Gasteiger partial charge in [0.25, 0.3) is 0 Å². The van der Waals surface area contributed by atoms with Gasteiger partial charge in [0.15, 0.2) is 5.78 Å². The van der Waals surface area contributed by atoms with Gasteiger partial charge in [-0.05, 0) is 49.4 Å². The van der Waals surface area contributed by atoms with Crippen molar-refractivity contribution in [1.29, 1.82) is 5.26 Å². The summed E-state index contributed by atoms with van der Waals surface area (Å²) in [7, 11) is 1.60. The maximum absolute atomic E-state index is 12.9. The summed E-state index contributed by atoms with van der Waals surface area (Å²) < 4.78 is 5.27. The third kappa shape index (κ3) is 1.88. The molecule has 3 atom stereocenters. The molecule has 1 aromatic carbocycles. The Morgan fingerprint density at radius 1 is 1.48 bits per heavy atom. The number of rotatable bonds is 2. The lowest BCUT2D eigenvalue weighted by molar-refractivity contribution is -0.146. The minimum absolute atomic E-state index is 0.0149. The van der Waals surface area contributed by atoms with Crippen LogP contribution in [-0.4, -0.2) is 23.6 Å². The number of aliphatic hydroxyl groups is 1. The number of nitriles is 1. The number of hydrogen-bond donors (Lipinski definition) is 1. The Kier molecular flexibility index (Phi) is 3.07. The van der Waals surface area contributed by atoms with Gasteiger partial charge in [-0.15, -0.1) is 0 Å². The molecule has 0 spiro atoms. The number of fused-ring (bicyclic) bond motifs is 4. The molecule has 2 bridgehead atoms. The summed E-state index contributed by atoms with van der Waals surface area (Å²) in [5, 5.41) is 19.8. The average Bonchev–Trinajstić information content (AvgIpc) is 2.46. The van der Waals surface area contributed by atoms with Gasteiger partial charge in [0, 0.05) is 0 Å². The highest BCUT2D eigenvalue weighted by Crippen LogP contribution is 2.51. The molecular formula is C17H19NO3. The summed E-state index contributed by atoms with van der Waals surface area (Å²) >= 11 is 0. The maximum atomic E-state index is 12.9. The summed E-state index contributed by atoms with van der Waals surface area (Å²) in [6.45, 7) is 1.74. The van der Waals surface area contributed by atoms with E-state index in [0.29, 0.717) is 25.0 Å². The highest BCUT2D eigenvalue weighted by Gasteiger charge is 2.57. The molecule has 0 aliphatic heterocycles. The quantitative estimate of drug-likeness (QED) is 0.903. The van der Waals surface area contributed by atoms with Gasteiger partial charge in [-0.3, -0.25) is 4.79 Å². The van der Waals surface area contributed by atoms with Crippen LogP contribution in [0.2, 0.25) is 0 Å². The van der Waals surface area contributed by atoms with Gasteiger partial charge in [0.05, 0.1) is 36.5 Å². The summed E-state index contributed by atoms with van der Waals surface area (Å²) in [5.41, 5.74) is 0.216. The molecule has 1 aromatic rings. The lowest BCUT2D eigenvalue weighted by Crippen LogP contribution is -2.57. The lowest BCUT2D eigenvalue weighted by Gasteiger charge is -2.50. The Labute approximate surface area is 124 Å². The fourth-order valence-corrected chi connectivity index (χ4v) is 3.89. The van der Waals surface area contributed by atoms with Crippen LogP contribution in [0.25, 0.3) is 0 Å². The zero-order valence-corrected chi connectivity index (χ0v) is 12.3. The first kappa shape index (κ1) is 14.1. The molecule has 1 fully saturated rings. The van der Waals surface area contributed by atoms with Crippen LogP contribution in [0.4, 0.5) is 0 Å². The molecule has 110 valence electrons. The zero-order valence-electron chi connectivity index (χ0n) is 12.3.